The molecule has 26 heavy (non-hydrogen) atoms. The molecule has 0 radical (unpaired) electrons. The van der Waals surface area contributed by atoms with Crippen molar-refractivity contribution in [2.75, 3.05) is 13.2 Å². The van der Waals surface area contributed by atoms with Gasteiger partial charge in [0.15, 0.2) is 5.82 Å². The summed E-state index contributed by atoms with van der Waals surface area (Å²) in [7, 11) is 0. The number of nitrogens with zero attached hydrogens (tertiary/aromatic N) is 3. The molecule has 0 spiro atoms. The zero-order valence-corrected chi connectivity index (χ0v) is 14.1. The standard InChI is InChI=1S/C19H19FN4O2/c20-14-5-3-6-15(11-14)24-19(23-8-1-2-9-23)17(13-22-24)18(25)21-12-16-7-4-10-26-16/h1-3,5-6,8-9,11,13,16H,4,7,10,12H2,(H,21,25)/t16-/m1/s1. The van der Waals surface area contributed by atoms with Crippen molar-refractivity contribution in [1.29, 1.82) is 0 Å². The van der Waals surface area contributed by atoms with Crippen molar-refractivity contribution < 1.29 is 13.9 Å². The maximum atomic E-state index is 13.6. The summed E-state index contributed by atoms with van der Waals surface area (Å²) in [5.41, 5.74) is 0.968. The van der Waals surface area contributed by atoms with Crippen LogP contribution in [0, 0.1) is 5.82 Å². The number of ether oxygens (including phenoxy) is 1. The highest BCUT2D eigenvalue weighted by Gasteiger charge is 2.22. The van der Waals surface area contributed by atoms with Crippen LogP contribution in [-0.4, -0.2) is 39.5 Å². The van der Waals surface area contributed by atoms with E-state index in [4.69, 9.17) is 4.74 Å². The molecule has 1 aromatic carbocycles. The van der Waals surface area contributed by atoms with Crippen LogP contribution in [0.3, 0.4) is 0 Å². The largest absolute Gasteiger partial charge is 0.376 e. The first-order valence-electron chi connectivity index (χ1n) is 8.59. The van der Waals surface area contributed by atoms with Gasteiger partial charge in [0.2, 0.25) is 0 Å². The van der Waals surface area contributed by atoms with Gasteiger partial charge in [-0.05, 0) is 43.2 Å². The van der Waals surface area contributed by atoms with E-state index in [9.17, 15) is 9.18 Å². The normalized spacial score (nSPS) is 16.7. The number of hydrogen-bond acceptors (Lipinski definition) is 3. The number of rotatable bonds is 5. The van der Waals surface area contributed by atoms with Crippen molar-refractivity contribution in [3.05, 3.63) is 66.4 Å². The van der Waals surface area contributed by atoms with E-state index < -0.39 is 0 Å². The molecule has 1 amide bonds. The predicted molar refractivity (Wildman–Crippen MR) is 94.2 cm³/mol. The first-order chi connectivity index (χ1) is 12.7. The first kappa shape index (κ1) is 16.5. The zero-order chi connectivity index (χ0) is 17.9. The summed E-state index contributed by atoms with van der Waals surface area (Å²) in [5, 5.41) is 7.24. The van der Waals surface area contributed by atoms with Crippen molar-refractivity contribution in [2.45, 2.75) is 18.9 Å². The number of carbonyl (C=O) groups excluding carboxylic acids is 1. The van der Waals surface area contributed by atoms with E-state index >= 15 is 0 Å². The molecule has 4 rings (SSSR count). The van der Waals surface area contributed by atoms with Gasteiger partial charge >= 0.3 is 0 Å². The van der Waals surface area contributed by atoms with Crippen LogP contribution in [0.15, 0.2) is 55.0 Å². The van der Waals surface area contributed by atoms with Gasteiger partial charge in [0.1, 0.15) is 11.4 Å². The maximum absolute atomic E-state index is 13.6. The Balaban J connectivity index is 1.67. The minimum absolute atomic E-state index is 0.0623. The van der Waals surface area contributed by atoms with Gasteiger partial charge < -0.3 is 14.6 Å². The Morgan fingerprint density at radius 3 is 2.88 bits per heavy atom. The van der Waals surface area contributed by atoms with E-state index in [1.807, 2.05) is 24.5 Å². The number of aromatic nitrogens is 3. The molecule has 134 valence electrons. The highest BCUT2D eigenvalue weighted by atomic mass is 19.1. The molecule has 7 heteroatoms. The van der Waals surface area contributed by atoms with Crippen LogP contribution in [0.4, 0.5) is 4.39 Å². The van der Waals surface area contributed by atoms with Crippen LogP contribution >= 0.6 is 0 Å². The van der Waals surface area contributed by atoms with Gasteiger partial charge in [-0.25, -0.2) is 9.07 Å². The average Bonchev–Trinajstić information content (AvgIpc) is 3.40. The topological polar surface area (TPSA) is 61.1 Å². The Bertz CT molecular complexity index is 898. The van der Waals surface area contributed by atoms with E-state index in [2.05, 4.69) is 10.4 Å². The number of amides is 1. The molecule has 0 aliphatic carbocycles. The Morgan fingerprint density at radius 2 is 2.15 bits per heavy atom. The van der Waals surface area contributed by atoms with Gasteiger partial charge in [0, 0.05) is 25.5 Å². The number of benzene rings is 1. The SMILES string of the molecule is O=C(NC[C@H]1CCCO1)c1cnn(-c2cccc(F)c2)c1-n1cccc1. The second-order valence-corrected chi connectivity index (χ2v) is 6.21. The van der Waals surface area contributed by atoms with Gasteiger partial charge in [-0.15, -0.1) is 0 Å². The van der Waals surface area contributed by atoms with E-state index in [0.29, 0.717) is 23.6 Å². The highest BCUT2D eigenvalue weighted by molar-refractivity contribution is 5.97. The lowest BCUT2D eigenvalue weighted by molar-refractivity contribution is 0.0857. The quantitative estimate of drug-likeness (QED) is 0.766. The lowest BCUT2D eigenvalue weighted by Crippen LogP contribution is -2.32. The highest BCUT2D eigenvalue weighted by Crippen LogP contribution is 2.20. The molecule has 1 fully saturated rings. The summed E-state index contributed by atoms with van der Waals surface area (Å²) in [6, 6.07) is 9.83. The Hall–Kier alpha value is -2.93. The number of carbonyl (C=O) groups is 1. The summed E-state index contributed by atoms with van der Waals surface area (Å²) in [6.45, 7) is 1.21. The molecule has 3 heterocycles. The lowest BCUT2D eigenvalue weighted by atomic mass is 10.2. The van der Waals surface area contributed by atoms with E-state index in [1.165, 1.54) is 18.3 Å². The van der Waals surface area contributed by atoms with Gasteiger partial charge in [-0.3, -0.25) is 4.79 Å². The lowest BCUT2D eigenvalue weighted by Gasteiger charge is -2.13. The van der Waals surface area contributed by atoms with E-state index in [0.717, 1.165) is 19.4 Å². The van der Waals surface area contributed by atoms with Crippen molar-refractivity contribution in [1.82, 2.24) is 19.7 Å². The summed E-state index contributed by atoms with van der Waals surface area (Å²) in [4.78, 5) is 12.7. The van der Waals surface area contributed by atoms with Crippen LogP contribution in [0.1, 0.15) is 23.2 Å². The molecule has 1 saturated heterocycles. The van der Waals surface area contributed by atoms with Crippen LogP contribution < -0.4 is 5.32 Å². The van der Waals surface area contributed by atoms with Crippen LogP contribution in [-0.2, 0) is 4.74 Å². The number of nitrogens with one attached hydrogen (secondary N) is 1. The molecular weight excluding hydrogens is 335 g/mol. The fourth-order valence-corrected chi connectivity index (χ4v) is 3.13. The van der Waals surface area contributed by atoms with Crippen molar-refractivity contribution in [2.24, 2.45) is 0 Å². The summed E-state index contributed by atoms with van der Waals surface area (Å²) in [6.07, 6.45) is 7.19. The number of halogens is 1. The molecule has 6 nitrogen and oxygen atoms in total. The van der Waals surface area contributed by atoms with E-state index in [1.54, 1.807) is 21.4 Å². The third-order valence-corrected chi connectivity index (χ3v) is 4.40. The maximum Gasteiger partial charge on any atom is 0.256 e. The fraction of sp³-hybridized carbons (Fsp3) is 0.263. The third-order valence-electron chi connectivity index (χ3n) is 4.40. The first-order valence-corrected chi connectivity index (χ1v) is 8.59. The Labute approximate surface area is 150 Å². The third kappa shape index (κ3) is 3.25. The van der Waals surface area contributed by atoms with E-state index in [-0.39, 0.29) is 17.8 Å². The molecule has 3 aromatic rings. The molecule has 1 N–H and O–H groups in total. The minimum Gasteiger partial charge on any atom is -0.376 e. The molecule has 0 unspecified atom stereocenters. The van der Waals surface area contributed by atoms with Gasteiger partial charge in [-0.1, -0.05) is 6.07 Å². The van der Waals surface area contributed by atoms with Crippen LogP contribution in [0.25, 0.3) is 11.5 Å². The predicted octanol–water partition coefficient (Wildman–Crippen LogP) is 2.71. The van der Waals surface area contributed by atoms with Gasteiger partial charge in [0.25, 0.3) is 5.91 Å². The van der Waals surface area contributed by atoms with Crippen molar-refractivity contribution in [3.8, 4) is 11.5 Å². The van der Waals surface area contributed by atoms with Crippen molar-refractivity contribution >= 4 is 5.91 Å². The fourth-order valence-electron chi connectivity index (χ4n) is 3.13. The monoisotopic (exact) mass is 354 g/mol. The molecule has 1 aliphatic heterocycles. The number of hydrogen-bond donors (Lipinski definition) is 1. The molecule has 1 aliphatic rings. The van der Waals surface area contributed by atoms with Crippen molar-refractivity contribution in [3.63, 3.8) is 0 Å². The molecule has 1 atom stereocenters. The second-order valence-electron chi connectivity index (χ2n) is 6.21. The molecular formula is C19H19FN4O2. The minimum atomic E-state index is -0.360. The Kier molecular flexibility index (Phi) is 4.53. The Morgan fingerprint density at radius 1 is 1.31 bits per heavy atom. The summed E-state index contributed by atoms with van der Waals surface area (Å²) < 4.78 is 22.5. The summed E-state index contributed by atoms with van der Waals surface area (Å²) in [5.74, 6) is -0.0295. The molecule has 2 aromatic heterocycles. The molecule has 0 bridgehead atoms. The summed E-state index contributed by atoms with van der Waals surface area (Å²) >= 11 is 0. The average molecular weight is 354 g/mol. The smallest absolute Gasteiger partial charge is 0.256 e. The molecule has 0 saturated carbocycles. The zero-order valence-electron chi connectivity index (χ0n) is 14.1. The second kappa shape index (κ2) is 7.13. The van der Waals surface area contributed by atoms with Gasteiger partial charge in [-0.2, -0.15) is 5.10 Å². The van der Waals surface area contributed by atoms with Gasteiger partial charge in [0.05, 0.1) is 18.0 Å². The van der Waals surface area contributed by atoms with Crippen LogP contribution in [0.2, 0.25) is 0 Å². The van der Waals surface area contributed by atoms with Crippen LogP contribution in [0.5, 0.6) is 0 Å².